The molecule has 1 saturated carbocycles. The second-order valence-electron chi connectivity index (χ2n) is 4.16. The number of rotatable bonds is 3. The van der Waals surface area contributed by atoms with Gasteiger partial charge in [0.25, 0.3) is 0 Å². The molecule has 3 heteroatoms. The van der Waals surface area contributed by atoms with Crippen LogP contribution in [-0.4, -0.2) is 20.5 Å². The van der Waals surface area contributed by atoms with E-state index in [0.717, 1.165) is 31.4 Å². The molecule has 1 heterocycles. The fourth-order valence-corrected chi connectivity index (χ4v) is 1.65. The van der Waals surface area contributed by atoms with Gasteiger partial charge in [0.2, 0.25) is 0 Å². The maximum absolute atomic E-state index is 9.65. The second-order valence-corrected chi connectivity index (χ2v) is 4.16. The molecule has 1 fully saturated rings. The Morgan fingerprint density at radius 1 is 1.62 bits per heavy atom. The summed E-state index contributed by atoms with van der Waals surface area (Å²) in [5.41, 5.74) is 2.01. The molecule has 0 aliphatic heterocycles. The predicted octanol–water partition coefficient (Wildman–Crippen LogP) is 1.19. The van der Waals surface area contributed by atoms with Crippen LogP contribution in [0.4, 0.5) is 0 Å². The predicted molar refractivity (Wildman–Crippen MR) is 50.4 cm³/mol. The molecule has 0 amide bonds. The Bertz CT molecular complexity index is 313. The molecule has 3 nitrogen and oxygen atoms in total. The number of aromatic nitrogens is 2. The molecule has 1 aliphatic rings. The number of nitrogens with zero attached hydrogens (tertiary/aromatic N) is 2. The summed E-state index contributed by atoms with van der Waals surface area (Å²) in [6.07, 6.45) is 5.73. The van der Waals surface area contributed by atoms with Crippen LogP contribution in [0.25, 0.3) is 0 Å². The first-order valence-corrected chi connectivity index (χ1v) is 4.81. The largest absolute Gasteiger partial charge is 0.390 e. The second kappa shape index (κ2) is 2.84. The number of aryl methyl sites for hydroxylation is 3. The molecule has 0 aromatic carbocycles. The SMILES string of the molecule is Cc1cn(C)nc1CCC1(O)CC1. The Morgan fingerprint density at radius 2 is 2.31 bits per heavy atom. The minimum atomic E-state index is -0.343. The van der Waals surface area contributed by atoms with Crippen LogP contribution in [0.2, 0.25) is 0 Å². The molecule has 13 heavy (non-hydrogen) atoms. The fourth-order valence-electron chi connectivity index (χ4n) is 1.65. The Balaban J connectivity index is 1.97. The Hall–Kier alpha value is -0.830. The first kappa shape index (κ1) is 8.75. The van der Waals surface area contributed by atoms with Gasteiger partial charge in [-0.05, 0) is 38.2 Å². The third-order valence-electron chi connectivity index (χ3n) is 2.77. The highest BCUT2D eigenvalue weighted by molar-refractivity contribution is 5.15. The molecule has 0 radical (unpaired) electrons. The molecular formula is C10H16N2O. The Labute approximate surface area is 78.4 Å². The summed E-state index contributed by atoms with van der Waals surface area (Å²) in [5, 5.41) is 14.0. The highest BCUT2D eigenvalue weighted by atomic mass is 16.3. The van der Waals surface area contributed by atoms with Crippen LogP contribution >= 0.6 is 0 Å². The van der Waals surface area contributed by atoms with Gasteiger partial charge in [-0.2, -0.15) is 5.10 Å². The average molecular weight is 180 g/mol. The average Bonchev–Trinajstić information content (AvgIpc) is 2.69. The maximum atomic E-state index is 9.65. The molecule has 1 aliphatic carbocycles. The van der Waals surface area contributed by atoms with E-state index < -0.39 is 0 Å². The van der Waals surface area contributed by atoms with E-state index in [2.05, 4.69) is 12.0 Å². The topological polar surface area (TPSA) is 38.0 Å². The molecule has 0 bridgehead atoms. The summed E-state index contributed by atoms with van der Waals surface area (Å²) in [7, 11) is 1.93. The minimum absolute atomic E-state index is 0.343. The highest BCUT2D eigenvalue weighted by Crippen LogP contribution is 2.39. The van der Waals surface area contributed by atoms with Crippen LogP contribution in [0.5, 0.6) is 0 Å². The van der Waals surface area contributed by atoms with E-state index in [1.807, 2.05) is 17.9 Å². The quantitative estimate of drug-likeness (QED) is 0.758. The van der Waals surface area contributed by atoms with Gasteiger partial charge in [-0.25, -0.2) is 0 Å². The van der Waals surface area contributed by atoms with Gasteiger partial charge in [0.15, 0.2) is 0 Å². The van der Waals surface area contributed by atoms with E-state index in [1.165, 1.54) is 5.56 Å². The van der Waals surface area contributed by atoms with Crippen molar-refractivity contribution in [2.75, 3.05) is 0 Å². The summed E-state index contributed by atoms with van der Waals surface area (Å²) >= 11 is 0. The lowest BCUT2D eigenvalue weighted by atomic mass is 10.1. The van der Waals surface area contributed by atoms with Crippen LogP contribution in [0.3, 0.4) is 0 Å². The third kappa shape index (κ3) is 1.91. The molecule has 0 spiro atoms. The van der Waals surface area contributed by atoms with Gasteiger partial charge in [-0.1, -0.05) is 0 Å². The Morgan fingerprint density at radius 3 is 2.77 bits per heavy atom. The van der Waals surface area contributed by atoms with Crippen molar-refractivity contribution in [3.8, 4) is 0 Å². The summed E-state index contributed by atoms with van der Waals surface area (Å²) in [6.45, 7) is 2.07. The van der Waals surface area contributed by atoms with Crippen LogP contribution in [0, 0.1) is 6.92 Å². The molecule has 1 aromatic rings. The van der Waals surface area contributed by atoms with Crippen molar-refractivity contribution in [1.29, 1.82) is 0 Å². The first-order valence-electron chi connectivity index (χ1n) is 4.81. The standard InChI is InChI=1S/C10H16N2O/c1-8-7-12(2)11-9(8)3-4-10(13)5-6-10/h7,13H,3-6H2,1-2H3. The lowest BCUT2D eigenvalue weighted by Gasteiger charge is -2.04. The molecule has 0 saturated heterocycles. The van der Waals surface area contributed by atoms with Crippen molar-refractivity contribution in [3.63, 3.8) is 0 Å². The van der Waals surface area contributed by atoms with Crippen LogP contribution in [0.1, 0.15) is 30.5 Å². The van der Waals surface area contributed by atoms with Gasteiger partial charge < -0.3 is 5.11 Å². The summed E-state index contributed by atoms with van der Waals surface area (Å²) < 4.78 is 1.83. The van der Waals surface area contributed by atoms with Gasteiger partial charge >= 0.3 is 0 Å². The number of hydrogen-bond donors (Lipinski definition) is 1. The summed E-state index contributed by atoms with van der Waals surface area (Å²) in [4.78, 5) is 0. The highest BCUT2D eigenvalue weighted by Gasteiger charge is 2.39. The van der Waals surface area contributed by atoms with E-state index in [9.17, 15) is 5.11 Å². The summed E-state index contributed by atoms with van der Waals surface area (Å²) in [5.74, 6) is 0. The zero-order valence-electron chi connectivity index (χ0n) is 8.25. The van der Waals surface area contributed by atoms with Crippen molar-refractivity contribution in [1.82, 2.24) is 9.78 Å². The first-order chi connectivity index (χ1) is 6.09. The van der Waals surface area contributed by atoms with Crippen molar-refractivity contribution in [3.05, 3.63) is 17.5 Å². The lowest BCUT2D eigenvalue weighted by molar-refractivity contribution is 0.140. The third-order valence-corrected chi connectivity index (χ3v) is 2.77. The monoisotopic (exact) mass is 180 g/mol. The molecule has 0 unspecified atom stereocenters. The van der Waals surface area contributed by atoms with Gasteiger partial charge in [-0.15, -0.1) is 0 Å². The van der Waals surface area contributed by atoms with Crippen molar-refractivity contribution >= 4 is 0 Å². The lowest BCUT2D eigenvalue weighted by Crippen LogP contribution is -2.08. The minimum Gasteiger partial charge on any atom is -0.390 e. The van der Waals surface area contributed by atoms with E-state index in [1.54, 1.807) is 0 Å². The molecule has 1 aromatic heterocycles. The zero-order valence-corrected chi connectivity index (χ0v) is 8.25. The molecule has 72 valence electrons. The van der Waals surface area contributed by atoms with E-state index in [-0.39, 0.29) is 5.60 Å². The van der Waals surface area contributed by atoms with Gasteiger partial charge in [-0.3, -0.25) is 4.68 Å². The van der Waals surface area contributed by atoms with Crippen LogP contribution < -0.4 is 0 Å². The number of aliphatic hydroxyl groups is 1. The van der Waals surface area contributed by atoms with Gasteiger partial charge in [0.05, 0.1) is 11.3 Å². The van der Waals surface area contributed by atoms with Crippen molar-refractivity contribution < 1.29 is 5.11 Å². The van der Waals surface area contributed by atoms with Crippen molar-refractivity contribution in [2.24, 2.45) is 7.05 Å². The van der Waals surface area contributed by atoms with E-state index >= 15 is 0 Å². The smallest absolute Gasteiger partial charge is 0.0654 e. The molecule has 2 rings (SSSR count). The van der Waals surface area contributed by atoms with Gasteiger partial charge in [0.1, 0.15) is 0 Å². The zero-order chi connectivity index (χ0) is 9.47. The van der Waals surface area contributed by atoms with E-state index in [0.29, 0.717) is 0 Å². The van der Waals surface area contributed by atoms with Crippen LogP contribution in [-0.2, 0) is 13.5 Å². The maximum Gasteiger partial charge on any atom is 0.0654 e. The number of hydrogen-bond acceptors (Lipinski definition) is 2. The molecule has 1 N–H and O–H groups in total. The fraction of sp³-hybridized carbons (Fsp3) is 0.700. The Kier molecular flexibility index (Phi) is 1.91. The molecular weight excluding hydrogens is 164 g/mol. The van der Waals surface area contributed by atoms with Crippen molar-refractivity contribution in [2.45, 2.75) is 38.2 Å². The van der Waals surface area contributed by atoms with E-state index in [4.69, 9.17) is 0 Å². The van der Waals surface area contributed by atoms with Crippen LogP contribution in [0.15, 0.2) is 6.20 Å². The normalized spacial score (nSPS) is 19.0. The molecule has 0 atom stereocenters. The van der Waals surface area contributed by atoms with Gasteiger partial charge in [0, 0.05) is 13.2 Å². The summed E-state index contributed by atoms with van der Waals surface area (Å²) in [6, 6.07) is 0.